The normalized spacial score (nSPS) is 30.3. The van der Waals surface area contributed by atoms with Crippen LogP contribution < -0.4 is 0 Å². The first-order valence-corrected chi connectivity index (χ1v) is 7.04. The van der Waals surface area contributed by atoms with Gasteiger partial charge in [-0.1, -0.05) is 24.8 Å². The summed E-state index contributed by atoms with van der Waals surface area (Å²) in [5.74, 6) is 1.47. The number of hydrogen-bond donors (Lipinski definition) is 1. The number of phenolic OH excluding ortho intramolecular Hbond substituents is 1. The Hall–Kier alpha value is 0.314. The molecule has 0 spiro atoms. The number of rotatable bonds is 1. The number of halogens is 1. The SMILES string of the molecule is Oc1ccc(C2CCC3C[CH-]CCC3C2)cc1F.[Pr]. The Morgan fingerprint density at radius 3 is 2.79 bits per heavy atom. The fourth-order valence-corrected chi connectivity index (χ4v) is 3.73. The van der Waals surface area contributed by atoms with Crippen LogP contribution in [0.2, 0.25) is 0 Å². The molecule has 1 aromatic rings. The van der Waals surface area contributed by atoms with E-state index in [9.17, 15) is 9.50 Å². The predicted molar refractivity (Wildman–Crippen MR) is 69.8 cm³/mol. The van der Waals surface area contributed by atoms with Crippen molar-refractivity contribution >= 4 is 0 Å². The summed E-state index contributed by atoms with van der Waals surface area (Å²) in [6.45, 7) is 0. The Kier molecular flexibility index (Phi) is 5.66. The maximum absolute atomic E-state index is 13.4. The van der Waals surface area contributed by atoms with Gasteiger partial charge in [0.25, 0.3) is 0 Å². The first-order chi connectivity index (χ1) is 8.74. The third-order valence-electron chi connectivity index (χ3n) is 4.79. The number of phenols is 1. The van der Waals surface area contributed by atoms with Crippen LogP contribution in [0.25, 0.3) is 0 Å². The van der Waals surface area contributed by atoms with Gasteiger partial charge in [0.05, 0.1) is 0 Å². The van der Waals surface area contributed by atoms with Gasteiger partial charge in [-0.05, 0) is 42.4 Å². The van der Waals surface area contributed by atoms with E-state index in [2.05, 4.69) is 6.42 Å². The molecule has 1 N–H and O–H groups in total. The van der Waals surface area contributed by atoms with Crippen LogP contribution in [-0.2, 0) is 0 Å². The summed E-state index contributed by atoms with van der Waals surface area (Å²) in [5.41, 5.74) is 1.07. The molecular formula is C16H20FOPr-. The molecule has 2 fully saturated rings. The second kappa shape index (κ2) is 6.85. The van der Waals surface area contributed by atoms with Gasteiger partial charge in [-0.15, -0.1) is 0 Å². The molecule has 3 unspecified atom stereocenters. The summed E-state index contributed by atoms with van der Waals surface area (Å²) in [6, 6.07) is 4.90. The maximum Gasteiger partial charge on any atom is 0.165 e. The molecule has 2 aliphatic rings. The van der Waals surface area contributed by atoms with Crippen LogP contribution in [-0.4, -0.2) is 5.11 Å². The third-order valence-corrected chi connectivity index (χ3v) is 4.79. The van der Waals surface area contributed by atoms with Crippen LogP contribution >= 0.6 is 0 Å². The fraction of sp³-hybridized carbons (Fsp3) is 0.562. The Bertz CT molecular complexity index is 435. The molecule has 1 nitrogen and oxygen atoms in total. The van der Waals surface area contributed by atoms with Gasteiger partial charge in [0.1, 0.15) is 0 Å². The molecule has 2 saturated carbocycles. The minimum absolute atomic E-state index is 0. The Morgan fingerprint density at radius 1 is 1.16 bits per heavy atom. The van der Waals surface area contributed by atoms with Crippen molar-refractivity contribution in [1.82, 2.24) is 0 Å². The largest absolute Gasteiger partial charge is 0.505 e. The van der Waals surface area contributed by atoms with Gasteiger partial charge in [-0.3, -0.25) is 0 Å². The average Bonchev–Trinajstić information content (AvgIpc) is 2.41. The van der Waals surface area contributed by atoms with E-state index >= 15 is 0 Å². The molecule has 101 valence electrons. The van der Waals surface area contributed by atoms with Crippen molar-refractivity contribution < 1.29 is 50.8 Å². The molecule has 0 aromatic heterocycles. The van der Waals surface area contributed by atoms with Crippen LogP contribution in [0.4, 0.5) is 4.39 Å². The van der Waals surface area contributed by atoms with Gasteiger partial charge in [0.15, 0.2) is 11.6 Å². The van der Waals surface area contributed by atoms with Gasteiger partial charge in [-0.25, -0.2) is 4.39 Å². The summed E-state index contributed by atoms with van der Waals surface area (Å²) in [6.07, 6.45) is 9.90. The van der Waals surface area contributed by atoms with Crippen molar-refractivity contribution in [2.75, 3.05) is 0 Å². The van der Waals surface area contributed by atoms with Crippen LogP contribution in [0.1, 0.15) is 50.0 Å². The summed E-state index contributed by atoms with van der Waals surface area (Å²) in [4.78, 5) is 0. The minimum atomic E-state index is -0.480. The Morgan fingerprint density at radius 2 is 2.00 bits per heavy atom. The van der Waals surface area contributed by atoms with Crippen molar-refractivity contribution in [2.24, 2.45) is 11.8 Å². The molecule has 1 radical (unpaired) electrons. The number of fused-ring (bicyclic) bond motifs is 1. The topological polar surface area (TPSA) is 20.2 Å². The van der Waals surface area contributed by atoms with E-state index < -0.39 is 5.82 Å². The van der Waals surface area contributed by atoms with E-state index in [-0.39, 0.29) is 47.0 Å². The molecule has 0 aliphatic heterocycles. The molecule has 0 bridgehead atoms. The van der Waals surface area contributed by atoms with Gasteiger partial charge < -0.3 is 11.5 Å². The Balaban J connectivity index is 0.00000133. The van der Waals surface area contributed by atoms with E-state index in [0.29, 0.717) is 5.92 Å². The molecule has 3 atom stereocenters. The van der Waals surface area contributed by atoms with E-state index in [4.69, 9.17) is 0 Å². The van der Waals surface area contributed by atoms with Crippen LogP contribution in [0, 0.1) is 65.4 Å². The molecule has 0 saturated heterocycles. The zero-order chi connectivity index (χ0) is 12.5. The monoisotopic (exact) mass is 388 g/mol. The van der Waals surface area contributed by atoms with Gasteiger partial charge in [0, 0.05) is 41.3 Å². The molecule has 0 amide bonds. The summed E-state index contributed by atoms with van der Waals surface area (Å²) in [7, 11) is 0. The molecule has 1 aromatic carbocycles. The third kappa shape index (κ3) is 3.50. The van der Waals surface area contributed by atoms with Crippen molar-refractivity contribution in [2.45, 2.75) is 44.4 Å². The van der Waals surface area contributed by atoms with E-state index in [1.54, 1.807) is 0 Å². The zero-order valence-corrected chi connectivity index (χ0v) is 14.9. The molecule has 3 heteroatoms. The first-order valence-electron chi connectivity index (χ1n) is 7.04. The summed E-state index contributed by atoms with van der Waals surface area (Å²) >= 11 is 0. The van der Waals surface area contributed by atoms with E-state index in [1.807, 2.05) is 6.07 Å². The van der Waals surface area contributed by atoms with Crippen molar-refractivity contribution in [1.29, 1.82) is 0 Å². The number of benzene rings is 1. The molecule has 3 rings (SSSR count). The minimum Gasteiger partial charge on any atom is -0.505 e. The quantitative estimate of drug-likeness (QED) is 0.707. The maximum atomic E-state index is 13.4. The zero-order valence-electron chi connectivity index (χ0n) is 11.2. The Labute approximate surface area is 147 Å². The average molecular weight is 388 g/mol. The van der Waals surface area contributed by atoms with Crippen molar-refractivity contribution in [3.63, 3.8) is 0 Å². The van der Waals surface area contributed by atoms with Crippen molar-refractivity contribution in [3.05, 3.63) is 36.0 Å². The molecule has 19 heavy (non-hydrogen) atoms. The van der Waals surface area contributed by atoms with Gasteiger partial charge in [-0.2, -0.15) is 12.8 Å². The van der Waals surface area contributed by atoms with Gasteiger partial charge >= 0.3 is 0 Å². The van der Waals surface area contributed by atoms with Crippen LogP contribution in [0.15, 0.2) is 18.2 Å². The smallest absolute Gasteiger partial charge is 0.165 e. The van der Waals surface area contributed by atoms with Crippen molar-refractivity contribution in [3.8, 4) is 5.75 Å². The van der Waals surface area contributed by atoms with Crippen LogP contribution in [0.5, 0.6) is 5.75 Å². The van der Waals surface area contributed by atoms with E-state index in [0.717, 1.165) is 17.4 Å². The summed E-state index contributed by atoms with van der Waals surface area (Å²) in [5, 5.41) is 9.25. The standard InChI is InChI=1S/C16H20FO.Pr/c17-15-10-14(7-8-16(15)18)13-6-5-11-3-1-2-4-12(11)9-13;/h1,7-8,10-13,18H,2-6,9H2;/q-1;. The van der Waals surface area contributed by atoms with Gasteiger partial charge in [0.2, 0.25) is 0 Å². The molecular weight excluding hydrogens is 368 g/mol. The van der Waals surface area contributed by atoms with E-state index in [1.165, 1.54) is 50.7 Å². The predicted octanol–water partition coefficient (Wildman–Crippen LogP) is 4.42. The van der Waals surface area contributed by atoms with Crippen LogP contribution in [0.3, 0.4) is 0 Å². The number of aromatic hydroxyl groups is 1. The fourth-order valence-electron chi connectivity index (χ4n) is 3.73. The number of hydrogen-bond acceptors (Lipinski definition) is 1. The summed E-state index contributed by atoms with van der Waals surface area (Å²) < 4.78 is 13.4. The second-order valence-electron chi connectivity index (χ2n) is 5.84. The molecule has 0 heterocycles. The second-order valence-corrected chi connectivity index (χ2v) is 5.84. The first kappa shape index (κ1) is 15.7. The molecule has 2 aliphatic carbocycles.